The van der Waals surface area contributed by atoms with E-state index in [1.54, 1.807) is 0 Å². The van der Waals surface area contributed by atoms with Crippen LogP contribution in [0, 0.1) is 0 Å². The van der Waals surface area contributed by atoms with E-state index in [-0.39, 0.29) is 35.6 Å². The fraction of sp³-hybridized carbons (Fsp3) is 0.667. The van der Waals surface area contributed by atoms with Gasteiger partial charge in [0.15, 0.2) is 5.96 Å². The van der Waals surface area contributed by atoms with Gasteiger partial charge < -0.3 is 20.1 Å². The zero-order valence-corrected chi connectivity index (χ0v) is 19.1. The van der Waals surface area contributed by atoms with Gasteiger partial charge in [0.05, 0.1) is 12.1 Å². The van der Waals surface area contributed by atoms with E-state index in [1.165, 1.54) is 31.2 Å². The largest absolute Gasteiger partial charge is 0.487 e. The number of guanidine groups is 1. The van der Waals surface area contributed by atoms with Crippen molar-refractivity contribution in [1.82, 2.24) is 10.6 Å². The van der Waals surface area contributed by atoms with E-state index in [9.17, 15) is 0 Å². The van der Waals surface area contributed by atoms with E-state index in [1.807, 2.05) is 19.2 Å². The summed E-state index contributed by atoms with van der Waals surface area (Å²) in [5.74, 6) is 1.80. The molecule has 0 radical (unpaired) electrons. The Balaban J connectivity index is 0.00000261. The van der Waals surface area contributed by atoms with Gasteiger partial charge in [0.25, 0.3) is 0 Å². The van der Waals surface area contributed by atoms with E-state index < -0.39 is 0 Å². The van der Waals surface area contributed by atoms with Crippen molar-refractivity contribution in [1.29, 1.82) is 0 Å². The highest BCUT2D eigenvalue weighted by Crippen LogP contribution is 2.39. The van der Waals surface area contributed by atoms with Crippen LogP contribution in [-0.4, -0.2) is 37.9 Å². The molecule has 1 fully saturated rings. The molecular formula is C21H34IN3O2. The van der Waals surface area contributed by atoms with Crippen molar-refractivity contribution in [3.8, 4) is 5.75 Å². The van der Waals surface area contributed by atoms with E-state index in [0.29, 0.717) is 6.10 Å². The second-order valence-electron chi connectivity index (χ2n) is 7.93. The molecule has 0 saturated heterocycles. The Bertz CT molecular complexity index is 615. The van der Waals surface area contributed by atoms with Gasteiger partial charge in [-0.25, -0.2) is 0 Å². The maximum absolute atomic E-state index is 6.11. The Morgan fingerprint density at radius 2 is 2.00 bits per heavy atom. The fourth-order valence-corrected chi connectivity index (χ4v) is 3.87. The zero-order chi connectivity index (χ0) is 18.4. The number of para-hydroxylation sites is 1. The average Bonchev–Trinajstić information content (AvgIpc) is 3.12. The van der Waals surface area contributed by atoms with Crippen molar-refractivity contribution in [2.45, 2.75) is 70.1 Å². The van der Waals surface area contributed by atoms with Crippen LogP contribution in [0.15, 0.2) is 29.3 Å². The van der Waals surface area contributed by atoms with E-state index in [0.717, 1.165) is 37.7 Å². The highest BCUT2D eigenvalue weighted by molar-refractivity contribution is 14.0. The highest BCUT2D eigenvalue weighted by atomic mass is 127. The summed E-state index contributed by atoms with van der Waals surface area (Å²) in [6.45, 7) is 5.95. The highest BCUT2D eigenvalue weighted by Gasteiger charge is 2.33. The molecular weight excluding hydrogens is 453 g/mol. The number of hydrogen-bond acceptors (Lipinski definition) is 3. The molecule has 1 aromatic carbocycles. The topological polar surface area (TPSA) is 54.9 Å². The van der Waals surface area contributed by atoms with Gasteiger partial charge in [-0.15, -0.1) is 24.0 Å². The number of nitrogens with zero attached hydrogens (tertiary/aromatic N) is 1. The molecule has 2 N–H and O–H groups in total. The summed E-state index contributed by atoms with van der Waals surface area (Å²) in [4.78, 5) is 4.39. The van der Waals surface area contributed by atoms with Gasteiger partial charge in [0, 0.05) is 32.2 Å². The Hall–Kier alpha value is -1.02. The van der Waals surface area contributed by atoms with Gasteiger partial charge in [0.1, 0.15) is 11.4 Å². The Kier molecular flexibility index (Phi) is 8.66. The third-order valence-electron chi connectivity index (χ3n) is 5.18. The lowest BCUT2D eigenvalue weighted by molar-refractivity contribution is 0.0573. The standard InChI is InChI=1S/C21H33N3O2.HI/c1-21(2)15-18(17-11-6-7-12-19(17)26-21)24-20(22-3)23-13-8-14-25-16-9-4-5-10-16;/h6-7,11-12,16,18H,4-5,8-10,13-15H2,1-3H3,(H2,22,23,24);1H. The number of hydrogen-bond donors (Lipinski definition) is 2. The summed E-state index contributed by atoms with van der Waals surface area (Å²) >= 11 is 0. The van der Waals surface area contributed by atoms with Crippen LogP contribution in [0.5, 0.6) is 5.75 Å². The van der Waals surface area contributed by atoms with Gasteiger partial charge in [-0.2, -0.15) is 0 Å². The summed E-state index contributed by atoms with van der Waals surface area (Å²) in [5, 5.41) is 6.99. The molecule has 1 aromatic rings. The van der Waals surface area contributed by atoms with Crippen LogP contribution in [0.4, 0.5) is 0 Å². The molecule has 1 unspecified atom stereocenters. The van der Waals surface area contributed by atoms with Crippen molar-refractivity contribution >= 4 is 29.9 Å². The SMILES string of the molecule is CN=C(NCCCOC1CCCC1)NC1CC(C)(C)Oc2ccccc21.I. The van der Waals surface area contributed by atoms with Crippen molar-refractivity contribution in [3.63, 3.8) is 0 Å². The lowest BCUT2D eigenvalue weighted by Gasteiger charge is -2.38. The number of halogens is 1. The Labute approximate surface area is 180 Å². The summed E-state index contributed by atoms with van der Waals surface area (Å²) in [7, 11) is 1.82. The van der Waals surface area contributed by atoms with Crippen LogP contribution in [-0.2, 0) is 4.74 Å². The van der Waals surface area contributed by atoms with Crippen LogP contribution >= 0.6 is 24.0 Å². The molecule has 152 valence electrons. The molecule has 3 rings (SSSR count). The second kappa shape index (κ2) is 10.5. The van der Waals surface area contributed by atoms with E-state index >= 15 is 0 Å². The Morgan fingerprint density at radius 1 is 1.26 bits per heavy atom. The molecule has 27 heavy (non-hydrogen) atoms. The number of ether oxygens (including phenoxy) is 2. The first kappa shape index (κ1) is 22.3. The van der Waals surface area contributed by atoms with Gasteiger partial charge in [-0.3, -0.25) is 4.99 Å². The minimum atomic E-state index is -0.194. The number of fused-ring (bicyclic) bond motifs is 1. The minimum absolute atomic E-state index is 0. The van der Waals surface area contributed by atoms with Crippen molar-refractivity contribution in [2.75, 3.05) is 20.2 Å². The monoisotopic (exact) mass is 487 g/mol. The van der Waals surface area contributed by atoms with Gasteiger partial charge in [0.2, 0.25) is 0 Å². The third kappa shape index (κ3) is 6.52. The molecule has 1 atom stereocenters. The smallest absolute Gasteiger partial charge is 0.191 e. The molecule has 2 aliphatic rings. The fourth-order valence-electron chi connectivity index (χ4n) is 3.87. The van der Waals surface area contributed by atoms with Crippen molar-refractivity contribution < 1.29 is 9.47 Å². The van der Waals surface area contributed by atoms with E-state index in [4.69, 9.17) is 9.47 Å². The van der Waals surface area contributed by atoms with Crippen LogP contribution in [0.3, 0.4) is 0 Å². The molecule has 0 aromatic heterocycles. The number of nitrogens with one attached hydrogen (secondary N) is 2. The first-order valence-corrected chi connectivity index (χ1v) is 9.94. The molecule has 1 aliphatic carbocycles. The van der Waals surface area contributed by atoms with Crippen LogP contribution in [0.25, 0.3) is 0 Å². The second-order valence-corrected chi connectivity index (χ2v) is 7.93. The van der Waals surface area contributed by atoms with Crippen molar-refractivity contribution in [3.05, 3.63) is 29.8 Å². The van der Waals surface area contributed by atoms with Gasteiger partial charge >= 0.3 is 0 Å². The number of benzene rings is 1. The molecule has 0 amide bonds. The molecule has 0 spiro atoms. The predicted molar refractivity (Wildman–Crippen MR) is 121 cm³/mol. The molecule has 5 nitrogen and oxygen atoms in total. The average molecular weight is 487 g/mol. The van der Waals surface area contributed by atoms with Crippen LogP contribution in [0.2, 0.25) is 0 Å². The molecule has 1 aliphatic heterocycles. The summed E-state index contributed by atoms with van der Waals surface area (Å²) < 4.78 is 12.0. The first-order chi connectivity index (χ1) is 12.6. The molecule has 6 heteroatoms. The van der Waals surface area contributed by atoms with E-state index in [2.05, 4.69) is 41.6 Å². The molecule has 1 heterocycles. The quantitative estimate of drug-likeness (QED) is 0.270. The predicted octanol–water partition coefficient (Wildman–Crippen LogP) is 4.42. The summed E-state index contributed by atoms with van der Waals surface area (Å²) in [6.07, 6.45) is 7.49. The number of rotatable bonds is 6. The van der Waals surface area contributed by atoms with Crippen molar-refractivity contribution in [2.24, 2.45) is 4.99 Å². The molecule has 1 saturated carbocycles. The zero-order valence-electron chi connectivity index (χ0n) is 16.8. The van der Waals surface area contributed by atoms with Gasteiger partial charge in [-0.05, 0) is 39.2 Å². The lowest BCUT2D eigenvalue weighted by Crippen LogP contribution is -2.45. The third-order valence-corrected chi connectivity index (χ3v) is 5.18. The minimum Gasteiger partial charge on any atom is -0.487 e. The maximum atomic E-state index is 6.11. The molecule has 0 bridgehead atoms. The normalized spacial score (nSPS) is 21.7. The maximum Gasteiger partial charge on any atom is 0.191 e. The van der Waals surface area contributed by atoms with Gasteiger partial charge in [-0.1, -0.05) is 31.0 Å². The number of aliphatic imine (C=N–C) groups is 1. The van der Waals surface area contributed by atoms with Crippen LogP contribution in [0.1, 0.15) is 64.0 Å². The lowest BCUT2D eigenvalue weighted by atomic mass is 9.90. The summed E-state index contributed by atoms with van der Waals surface area (Å²) in [6, 6.07) is 8.45. The first-order valence-electron chi connectivity index (χ1n) is 9.94. The Morgan fingerprint density at radius 3 is 2.74 bits per heavy atom. The summed E-state index contributed by atoms with van der Waals surface area (Å²) in [5.41, 5.74) is 0.999. The van der Waals surface area contributed by atoms with Crippen LogP contribution < -0.4 is 15.4 Å².